The molecule has 3 amide bonds. The van der Waals surface area contributed by atoms with Crippen LogP contribution in [0.1, 0.15) is 43.5 Å². The maximum absolute atomic E-state index is 14.0. The van der Waals surface area contributed by atoms with Gasteiger partial charge in [-0.1, -0.05) is 53.8 Å². The van der Waals surface area contributed by atoms with E-state index in [9.17, 15) is 24.6 Å². The van der Waals surface area contributed by atoms with E-state index in [1.165, 1.54) is 15.6 Å². The number of aromatic hydroxyl groups is 1. The summed E-state index contributed by atoms with van der Waals surface area (Å²) < 4.78 is 12.5. The molecule has 3 aromatic carbocycles. The van der Waals surface area contributed by atoms with E-state index in [1.54, 1.807) is 93.7 Å². The van der Waals surface area contributed by atoms with Crippen molar-refractivity contribution in [1.82, 2.24) is 20.0 Å². The molecule has 12 nitrogen and oxygen atoms in total. The lowest BCUT2D eigenvalue weighted by molar-refractivity contribution is -0.148. The van der Waals surface area contributed by atoms with Crippen LogP contribution in [-0.4, -0.2) is 80.8 Å². The molecular formula is C37H38ClN5O7. The second kappa shape index (κ2) is 15.9. The summed E-state index contributed by atoms with van der Waals surface area (Å²) in [6, 6.07) is 18.2. The highest BCUT2D eigenvalue weighted by atomic mass is 35.5. The van der Waals surface area contributed by atoms with Gasteiger partial charge in [0.15, 0.2) is 0 Å². The molecular weight excluding hydrogens is 662 g/mol. The normalized spacial score (nSPS) is 15.0. The van der Waals surface area contributed by atoms with Gasteiger partial charge in [-0.05, 0) is 68.8 Å². The summed E-state index contributed by atoms with van der Waals surface area (Å²) in [7, 11) is 0. The maximum Gasteiger partial charge on any atom is 0.408 e. The van der Waals surface area contributed by atoms with Gasteiger partial charge in [-0.3, -0.25) is 14.3 Å². The number of nitrogens with one attached hydrogen (secondary N) is 2. The van der Waals surface area contributed by atoms with Crippen LogP contribution in [0.5, 0.6) is 5.75 Å². The van der Waals surface area contributed by atoms with Crippen molar-refractivity contribution in [1.29, 1.82) is 0 Å². The van der Waals surface area contributed by atoms with Crippen molar-refractivity contribution in [3.05, 3.63) is 101 Å². The number of hydrogen-bond donors (Lipinski definition) is 4. The quantitative estimate of drug-likeness (QED) is 0.193. The van der Waals surface area contributed by atoms with E-state index in [2.05, 4.69) is 27.6 Å². The average molecular weight is 700 g/mol. The molecule has 2 atom stereocenters. The van der Waals surface area contributed by atoms with E-state index >= 15 is 0 Å². The highest BCUT2D eigenvalue weighted by Gasteiger charge is 2.38. The number of alkyl carbamates (subject to hydrolysis) is 1. The lowest BCUT2D eigenvalue weighted by atomic mass is 10.0. The smallest absolute Gasteiger partial charge is 0.408 e. The van der Waals surface area contributed by atoms with Gasteiger partial charge in [-0.25, -0.2) is 4.79 Å². The number of aliphatic hydroxyl groups is 1. The monoisotopic (exact) mass is 699 g/mol. The van der Waals surface area contributed by atoms with Gasteiger partial charge in [0.05, 0.1) is 31.9 Å². The minimum atomic E-state index is -1.09. The number of anilines is 1. The first-order chi connectivity index (χ1) is 23.9. The number of halogens is 1. The number of aromatic nitrogens is 2. The molecule has 2 heterocycles. The third kappa shape index (κ3) is 9.21. The van der Waals surface area contributed by atoms with Gasteiger partial charge in [0.2, 0.25) is 5.91 Å². The Morgan fingerprint density at radius 3 is 2.52 bits per heavy atom. The van der Waals surface area contributed by atoms with E-state index in [0.717, 1.165) is 0 Å². The third-order valence-electron chi connectivity index (χ3n) is 7.55. The summed E-state index contributed by atoms with van der Waals surface area (Å²) in [5, 5.41) is 30.3. The van der Waals surface area contributed by atoms with Crippen LogP contribution in [0.4, 0.5) is 10.5 Å². The van der Waals surface area contributed by atoms with Crippen LogP contribution in [0.2, 0.25) is 5.02 Å². The molecule has 260 valence electrons. The number of morpholine rings is 1. The number of ether oxygens (including phenoxy) is 2. The van der Waals surface area contributed by atoms with Gasteiger partial charge in [0.1, 0.15) is 29.1 Å². The average Bonchev–Trinajstić information content (AvgIpc) is 3.49. The molecule has 0 radical (unpaired) electrons. The molecule has 1 aliphatic heterocycles. The van der Waals surface area contributed by atoms with Crippen molar-refractivity contribution in [3.63, 3.8) is 0 Å². The fourth-order valence-corrected chi connectivity index (χ4v) is 5.41. The van der Waals surface area contributed by atoms with Crippen LogP contribution in [0.3, 0.4) is 0 Å². The minimum absolute atomic E-state index is 0.00897. The van der Waals surface area contributed by atoms with Crippen molar-refractivity contribution in [2.24, 2.45) is 0 Å². The topological polar surface area (TPSA) is 155 Å². The largest absolute Gasteiger partial charge is 0.507 e. The summed E-state index contributed by atoms with van der Waals surface area (Å²) in [4.78, 5) is 41.6. The molecule has 0 aliphatic carbocycles. The zero-order chi connectivity index (χ0) is 35.8. The van der Waals surface area contributed by atoms with Crippen molar-refractivity contribution in [3.8, 4) is 28.8 Å². The van der Waals surface area contributed by atoms with E-state index in [1.807, 2.05) is 0 Å². The number of phenolic OH excluding ortho intramolecular Hbond substituents is 1. The number of nitrogens with zero attached hydrogens (tertiary/aromatic N) is 3. The second-order valence-electron chi connectivity index (χ2n) is 12.5. The van der Waals surface area contributed by atoms with Crippen molar-refractivity contribution < 1.29 is 34.1 Å². The van der Waals surface area contributed by atoms with Crippen LogP contribution in [0.15, 0.2) is 79.0 Å². The summed E-state index contributed by atoms with van der Waals surface area (Å²) in [6.07, 6.45) is 0.924. The van der Waals surface area contributed by atoms with Crippen LogP contribution < -0.4 is 10.6 Å². The number of benzene rings is 3. The Labute approximate surface area is 295 Å². The fraction of sp³-hybridized carbons (Fsp3) is 0.297. The highest BCUT2D eigenvalue weighted by molar-refractivity contribution is 6.31. The molecule has 0 spiro atoms. The molecule has 0 bridgehead atoms. The SMILES string of the molecule is CC(C)(C)OC(=O)N[C@@H](C(=O)N1CCOC[C@H]1C(=O)Nc1ccc(C#Cc2cn(CCO)nc2-c2cc(Cl)ccc2O)cc1)c1ccccc1. The molecule has 13 heteroatoms. The number of aliphatic hydroxyl groups excluding tert-OH is 1. The predicted molar refractivity (Wildman–Crippen MR) is 187 cm³/mol. The molecule has 4 aromatic rings. The Morgan fingerprint density at radius 1 is 1.08 bits per heavy atom. The molecule has 1 aromatic heterocycles. The second-order valence-corrected chi connectivity index (χ2v) is 12.9. The van der Waals surface area contributed by atoms with Crippen molar-refractivity contribution in [2.45, 2.75) is 45.0 Å². The van der Waals surface area contributed by atoms with E-state index in [4.69, 9.17) is 21.1 Å². The maximum atomic E-state index is 14.0. The van der Waals surface area contributed by atoms with E-state index in [0.29, 0.717) is 38.7 Å². The van der Waals surface area contributed by atoms with Gasteiger partial charge in [-0.2, -0.15) is 5.10 Å². The van der Waals surface area contributed by atoms with Gasteiger partial charge in [-0.15, -0.1) is 0 Å². The molecule has 50 heavy (non-hydrogen) atoms. The van der Waals surface area contributed by atoms with Crippen LogP contribution in [0, 0.1) is 11.8 Å². The van der Waals surface area contributed by atoms with Crippen LogP contribution in [0.25, 0.3) is 11.3 Å². The zero-order valence-electron chi connectivity index (χ0n) is 27.9. The lowest BCUT2D eigenvalue weighted by Crippen LogP contribution is -2.57. The zero-order valence-corrected chi connectivity index (χ0v) is 28.6. The van der Waals surface area contributed by atoms with Gasteiger partial charge in [0.25, 0.3) is 5.91 Å². The first-order valence-electron chi connectivity index (χ1n) is 15.9. The Balaban J connectivity index is 1.31. The lowest BCUT2D eigenvalue weighted by Gasteiger charge is -2.37. The minimum Gasteiger partial charge on any atom is -0.507 e. The molecule has 4 N–H and O–H groups in total. The van der Waals surface area contributed by atoms with Crippen molar-refractivity contribution in [2.75, 3.05) is 31.7 Å². The molecule has 1 saturated heterocycles. The number of rotatable bonds is 8. The Hall–Kier alpha value is -5.35. The Bertz CT molecular complexity index is 1900. The summed E-state index contributed by atoms with van der Waals surface area (Å²) in [5.41, 5.74) is 2.23. The molecule has 1 aliphatic rings. The van der Waals surface area contributed by atoms with Gasteiger partial charge < -0.3 is 35.2 Å². The van der Waals surface area contributed by atoms with E-state index < -0.39 is 35.6 Å². The summed E-state index contributed by atoms with van der Waals surface area (Å²) in [5.74, 6) is 5.22. The third-order valence-corrected chi connectivity index (χ3v) is 7.79. The number of phenols is 1. The molecule has 1 fully saturated rings. The van der Waals surface area contributed by atoms with Crippen LogP contribution >= 0.6 is 11.6 Å². The first-order valence-corrected chi connectivity index (χ1v) is 16.3. The highest BCUT2D eigenvalue weighted by Crippen LogP contribution is 2.32. The molecule has 0 saturated carbocycles. The predicted octanol–water partition coefficient (Wildman–Crippen LogP) is 4.73. The van der Waals surface area contributed by atoms with Crippen LogP contribution in [-0.2, 0) is 25.6 Å². The van der Waals surface area contributed by atoms with Gasteiger partial charge in [0, 0.05) is 34.6 Å². The summed E-state index contributed by atoms with van der Waals surface area (Å²) in [6.45, 7) is 5.66. The van der Waals surface area contributed by atoms with E-state index in [-0.39, 0.29) is 38.7 Å². The first kappa shape index (κ1) is 35.9. The van der Waals surface area contributed by atoms with Gasteiger partial charge >= 0.3 is 6.09 Å². The molecule has 5 rings (SSSR count). The summed E-state index contributed by atoms with van der Waals surface area (Å²) >= 11 is 6.16. The van der Waals surface area contributed by atoms with Crippen molar-refractivity contribution >= 4 is 35.2 Å². The number of carbonyl (C=O) groups excluding carboxylic acids is 3. The number of amides is 3. The Kier molecular flexibility index (Phi) is 11.4. The number of hydrogen-bond acceptors (Lipinski definition) is 8. The number of carbonyl (C=O) groups is 3. The molecule has 0 unspecified atom stereocenters. The fourth-order valence-electron chi connectivity index (χ4n) is 5.24. The Morgan fingerprint density at radius 2 is 1.82 bits per heavy atom. The standard InChI is InChI=1S/C37H38ClN5O7/c1-37(2,3)50-36(48)40-33(25-7-5-4-6-8-25)35(47)43-18-20-49-23-30(43)34(46)39-28-14-10-24(11-15-28)9-12-26-22-42(17-19-44)41-32(26)29-21-27(38)13-16-31(29)45/h4-8,10-11,13-16,21-22,30,33,44-45H,17-20,23H2,1-3H3,(H,39,46)(H,40,48)/t30-,33+/m0/s1.